The van der Waals surface area contributed by atoms with E-state index in [9.17, 15) is 15.2 Å². The molecule has 0 spiro atoms. The second kappa shape index (κ2) is 6.95. The van der Waals surface area contributed by atoms with E-state index in [2.05, 4.69) is 15.5 Å². The summed E-state index contributed by atoms with van der Waals surface area (Å²) < 4.78 is 3.11. The molecule has 2 heterocycles. The standard InChI is InChI=1S/C12H18N6O3/c1-16-7-10(4-14-16)2-3-13-6-12(19)9-17-8-11(5-15-17)18(20)21/h4-5,7-8,12-13,19H,2-3,6,9H2,1H3. The lowest BCUT2D eigenvalue weighted by Crippen LogP contribution is -2.31. The van der Waals surface area contributed by atoms with Crippen molar-refractivity contribution in [3.63, 3.8) is 0 Å². The third-order valence-electron chi connectivity index (χ3n) is 2.96. The van der Waals surface area contributed by atoms with Gasteiger partial charge in [-0.2, -0.15) is 10.2 Å². The third-order valence-corrected chi connectivity index (χ3v) is 2.96. The second-order valence-electron chi connectivity index (χ2n) is 4.81. The molecule has 1 unspecified atom stereocenters. The van der Waals surface area contributed by atoms with Crippen LogP contribution in [0, 0.1) is 10.1 Å². The second-order valence-corrected chi connectivity index (χ2v) is 4.81. The van der Waals surface area contributed by atoms with Crippen molar-refractivity contribution in [2.45, 2.75) is 19.1 Å². The monoisotopic (exact) mass is 294 g/mol. The van der Waals surface area contributed by atoms with E-state index in [1.54, 1.807) is 10.9 Å². The highest BCUT2D eigenvalue weighted by Crippen LogP contribution is 2.07. The van der Waals surface area contributed by atoms with Gasteiger partial charge in [0.25, 0.3) is 0 Å². The molecule has 0 aliphatic heterocycles. The Labute approximate surface area is 121 Å². The smallest absolute Gasteiger partial charge is 0.306 e. The molecule has 2 aromatic heterocycles. The molecule has 2 N–H and O–H groups in total. The molecule has 0 aliphatic carbocycles. The maximum Gasteiger partial charge on any atom is 0.306 e. The van der Waals surface area contributed by atoms with Crippen LogP contribution in [-0.4, -0.2) is 48.8 Å². The fraction of sp³-hybridized carbons (Fsp3) is 0.500. The van der Waals surface area contributed by atoms with Crippen molar-refractivity contribution in [1.82, 2.24) is 24.9 Å². The average molecular weight is 294 g/mol. The molecule has 0 saturated heterocycles. The largest absolute Gasteiger partial charge is 0.390 e. The quantitative estimate of drug-likeness (QED) is 0.393. The Morgan fingerprint density at radius 2 is 2.24 bits per heavy atom. The minimum absolute atomic E-state index is 0.0771. The van der Waals surface area contributed by atoms with E-state index in [4.69, 9.17) is 0 Å². The highest BCUT2D eigenvalue weighted by Gasteiger charge is 2.11. The Morgan fingerprint density at radius 1 is 1.43 bits per heavy atom. The summed E-state index contributed by atoms with van der Waals surface area (Å²) in [5.74, 6) is 0. The van der Waals surface area contributed by atoms with Crippen LogP contribution in [0.25, 0.3) is 0 Å². The molecule has 0 fully saturated rings. The number of hydrogen-bond donors (Lipinski definition) is 2. The Kier molecular flexibility index (Phi) is 5.01. The summed E-state index contributed by atoms with van der Waals surface area (Å²) in [5.41, 5.74) is 1.05. The van der Waals surface area contributed by atoms with Gasteiger partial charge in [0.1, 0.15) is 12.4 Å². The van der Waals surface area contributed by atoms with Crippen LogP contribution in [0.1, 0.15) is 5.56 Å². The van der Waals surface area contributed by atoms with E-state index in [0.29, 0.717) is 6.54 Å². The number of rotatable bonds is 8. The van der Waals surface area contributed by atoms with Gasteiger partial charge in [0.2, 0.25) is 0 Å². The van der Waals surface area contributed by atoms with Crippen molar-refractivity contribution in [3.05, 3.63) is 40.5 Å². The molecular weight excluding hydrogens is 276 g/mol. The van der Waals surface area contributed by atoms with Crippen LogP contribution < -0.4 is 5.32 Å². The fourth-order valence-electron chi connectivity index (χ4n) is 1.93. The molecular formula is C12H18N6O3. The Hall–Kier alpha value is -2.26. The molecule has 0 aromatic carbocycles. The van der Waals surface area contributed by atoms with Crippen LogP contribution in [0.4, 0.5) is 5.69 Å². The van der Waals surface area contributed by atoms with Gasteiger partial charge in [0.15, 0.2) is 0 Å². The van der Waals surface area contributed by atoms with Crippen LogP contribution >= 0.6 is 0 Å². The molecule has 9 heteroatoms. The molecule has 21 heavy (non-hydrogen) atoms. The first kappa shape index (κ1) is 15.1. The van der Waals surface area contributed by atoms with Gasteiger partial charge in [-0.15, -0.1) is 0 Å². The van der Waals surface area contributed by atoms with Crippen molar-refractivity contribution in [3.8, 4) is 0 Å². The lowest BCUT2D eigenvalue weighted by Gasteiger charge is -2.11. The molecule has 2 rings (SSSR count). The summed E-state index contributed by atoms with van der Waals surface area (Å²) in [4.78, 5) is 10.0. The number of nitro groups is 1. The summed E-state index contributed by atoms with van der Waals surface area (Å²) in [6, 6.07) is 0. The molecule has 0 saturated carbocycles. The average Bonchev–Trinajstić information content (AvgIpc) is 3.04. The first-order valence-electron chi connectivity index (χ1n) is 6.58. The number of nitrogens with one attached hydrogen (secondary N) is 1. The third kappa shape index (κ3) is 4.65. The molecule has 0 amide bonds. The lowest BCUT2D eigenvalue weighted by atomic mass is 10.2. The van der Waals surface area contributed by atoms with Gasteiger partial charge in [-0.3, -0.25) is 19.5 Å². The summed E-state index contributed by atoms with van der Waals surface area (Å²) in [6.07, 6.45) is 6.40. The predicted octanol–water partition coefficient (Wildman–Crippen LogP) is -0.282. The Balaban J connectivity index is 1.67. The summed E-state index contributed by atoms with van der Waals surface area (Å²) >= 11 is 0. The topological polar surface area (TPSA) is 111 Å². The number of aromatic nitrogens is 4. The van der Waals surface area contributed by atoms with Crippen LogP contribution in [0.5, 0.6) is 0 Å². The fourth-order valence-corrected chi connectivity index (χ4v) is 1.93. The van der Waals surface area contributed by atoms with Crippen LogP contribution in [-0.2, 0) is 20.0 Å². The van der Waals surface area contributed by atoms with Crippen molar-refractivity contribution in [2.75, 3.05) is 13.1 Å². The van der Waals surface area contributed by atoms with Gasteiger partial charge >= 0.3 is 5.69 Å². The van der Waals surface area contributed by atoms with Gasteiger partial charge in [-0.25, -0.2) is 0 Å². The summed E-state index contributed by atoms with van der Waals surface area (Å²) in [6.45, 7) is 1.34. The zero-order valence-corrected chi connectivity index (χ0v) is 11.7. The summed E-state index contributed by atoms with van der Waals surface area (Å²) in [5, 5.41) is 31.4. The van der Waals surface area contributed by atoms with E-state index in [-0.39, 0.29) is 12.2 Å². The van der Waals surface area contributed by atoms with Gasteiger partial charge in [-0.1, -0.05) is 0 Å². The van der Waals surface area contributed by atoms with E-state index in [1.807, 2.05) is 13.2 Å². The van der Waals surface area contributed by atoms with Gasteiger partial charge in [0.05, 0.1) is 23.8 Å². The molecule has 0 bridgehead atoms. The number of hydrogen-bond acceptors (Lipinski definition) is 6. The highest BCUT2D eigenvalue weighted by atomic mass is 16.6. The molecule has 9 nitrogen and oxygen atoms in total. The van der Waals surface area contributed by atoms with Crippen molar-refractivity contribution in [2.24, 2.45) is 7.05 Å². The maximum absolute atomic E-state index is 10.5. The van der Waals surface area contributed by atoms with E-state index < -0.39 is 11.0 Å². The summed E-state index contributed by atoms with van der Waals surface area (Å²) in [7, 11) is 1.87. The van der Waals surface area contributed by atoms with E-state index >= 15 is 0 Å². The van der Waals surface area contributed by atoms with Crippen LogP contribution in [0.2, 0.25) is 0 Å². The number of nitrogens with zero attached hydrogens (tertiary/aromatic N) is 5. The van der Waals surface area contributed by atoms with Gasteiger partial charge in [0, 0.05) is 19.8 Å². The van der Waals surface area contributed by atoms with Gasteiger partial charge < -0.3 is 10.4 Å². The lowest BCUT2D eigenvalue weighted by molar-refractivity contribution is -0.385. The first-order valence-corrected chi connectivity index (χ1v) is 6.58. The zero-order chi connectivity index (χ0) is 15.2. The SMILES string of the molecule is Cn1cc(CCNCC(O)Cn2cc([N+](=O)[O-])cn2)cn1. The maximum atomic E-state index is 10.5. The first-order chi connectivity index (χ1) is 10.0. The molecule has 1 atom stereocenters. The number of aliphatic hydroxyl groups excluding tert-OH is 1. The predicted molar refractivity (Wildman–Crippen MR) is 74.7 cm³/mol. The zero-order valence-electron chi connectivity index (χ0n) is 11.7. The number of aliphatic hydroxyl groups is 1. The molecule has 114 valence electrons. The minimum Gasteiger partial charge on any atom is -0.390 e. The van der Waals surface area contributed by atoms with Crippen molar-refractivity contribution >= 4 is 5.69 Å². The van der Waals surface area contributed by atoms with E-state index in [0.717, 1.165) is 18.5 Å². The Morgan fingerprint density at radius 3 is 2.86 bits per heavy atom. The van der Waals surface area contributed by atoms with Crippen LogP contribution in [0.3, 0.4) is 0 Å². The highest BCUT2D eigenvalue weighted by molar-refractivity contribution is 5.20. The molecule has 2 aromatic rings. The molecule has 0 radical (unpaired) electrons. The van der Waals surface area contributed by atoms with Crippen molar-refractivity contribution in [1.29, 1.82) is 0 Å². The molecule has 0 aliphatic rings. The Bertz CT molecular complexity index is 593. The van der Waals surface area contributed by atoms with Crippen molar-refractivity contribution < 1.29 is 10.0 Å². The van der Waals surface area contributed by atoms with Crippen LogP contribution in [0.15, 0.2) is 24.8 Å². The minimum atomic E-state index is -0.654. The normalized spacial score (nSPS) is 12.5. The van der Waals surface area contributed by atoms with Gasteiger partial charge in [-0.05, 0) is 18.5 Å². The van der Waals surface area contributed by atoms with E-state index in [1.165, 1.54) is 17.1 Å². The number of aryl methyl sites for hydroxylation is 1.